The van der Waals surface area contributed by atoms with Crippen molar-refractivity contribution in [3.63, 3.8) is 0 Å². The number of aromatic nitrogens is 1. The quantitative estimate of drug-likeness (QED) is 0.499. The van der Waals surface area contributed by atoms with E-state index >= 15 is 0 Å². The second-order valence-corrected chi connectivity index (χ2v) is 5.93. The lowest BCUT2D eigenvalue weighted by Crippen LogP contribution is -2.36. The topological polar surface area (TPSA) is 58.5 Å². The van der Waals surface area contributed by atoms with E-state index in [0.29, 0.717) is 36.2 Å². The Bertz CT molecular complexity index is 945. The molecular formula is C21H20F2N4O. The van der Waals surface area contributed by atoms with Gasteiger partial charge in [-0.2, -0.15) is 0 Å². The van der Waals surface area contributed by atoms with Gasteiger partial charge in [0, 0.05) is 38.0 Å². The molecule has 7 heteroatoms. The van der Waals surface area contributed by atoms with Crippen LogP contribution in [-0.4, -0.2) is 18.0 Å². The standard InChI is InChI=1S/C21H20F2N4O/c1-24-21(27-14-16-4-2-3-5-19(16)23)26-13-15-10-11-25-20(12-15)28-18-8-6-17(22)7-9-18/h2-12H,13-14H2,1H3,(H2,24,26,27). The second kappa shape index (κ2) is 9.45. The van der Waals surface area contributed by atoms with Gasteiger partial charge in [0.05, 0.1) is 0 Å². The number of rotatable bonds is 6. The van der Waals surface area contributed by atoms with Crippen molar-refractivity contribution in [2.24, 2.45) is 4.99 Å². The average molecular weight is 382 g/mol. The molecule has 144 valence electrons. The van der Waals surface area contributed by atoms with Crippen LogP contribution in [0.25, 0.3) is 0 Å². The molecule has 0 unspecified atom stereocenters. The molecule has 0 spiro atoms. The molecule has 0 bridgehead atoms. The first kappa shape index (κ1) is 19.3. The Labute approximate surface area is 162 Å². The van der Waals surface area contributed by atoms with Gasteiger partial charge < -0.3 is 15.4 Å². The van der Waals surface area contributed by atoms with E-state index in [4.69, 9.17) is 4.74 Å². The number of benzene rings is 2. The summed E-state index contributed by atoms with van der Waals surface area (Å²) in [4.78, 5) is 8.29. The summed E-state index contributed by atoms with van der Waals surface area (Å²) in [6, 6.07) is 15.9. The summed E-state index contributed by atoms with van der Waals surface area (Å²) >= 11 is 0. The summed E-state index contributed by atoms with van der Waals surface area (Å²) in [6.07, 6.45) is 1.63. The highest BCUT2D eigenvalue weighted by molar-refractivity contribution is 5.79. The molecule has 2 N–H and O–H groups in total. The molecule has 1 heterocycles. The molecule has 0 amide bonds. The van der Waals surface area contributed by atoms with Crippen molar-refractivity contribution in [1.82, 2.24) is 15.6 Å². The lowest BCUT2D eigenvalue weighted by molar-refractivity contribution is 0.460. The van der Waals surface area contributed by atoms with Crippen molar-refractivity contribution in [1.29, 1.82) is 0 Å². The first-order valence-electron chi connectivity index (χ1n) is 8.70. The SMILES string of the molecule is CN=C(NCc1ccnc(Oc2ccc(F)cc2)c1)NCc1ccccc1F. The minimum Gasteiger partial charge on any atom is -0.439 e. The molecule has 3 rings (SSSR count). The number of pyridine rings is 1. The number of hydrogen-bond acceptors (Lipinski definition) is 3. The van der Waals surface area contributed by atoms with Crippen LogP contribution in [0.2, 0.25) is 0 Å². The molecule has 0 radical (unpaired) electrons. The highest BCUT2D eigenvalue weighted by Crippen LogP contribution is 2.20. The fourth-order valence-corrected chi connectivity index (χ4v) is 2.47. The van der Waals surface area contributed by atoms with Crippen LogP contribution in [0.3, 0.4) is 0 Å². The maximum atomic E-state index is 13.7. The third-order valence-corrected chi connectivity index (χ3v) is 3.92. The smallest absolute Gasteiger partial charge is 0.219 e. The molecule has 5 nitrogen and oxygen atoms in total. The normalized spacial score (nSPS) is 11.2. The lowest BCUT2D eigenvalue weighted by Gasteiger charge is -2.13. The minimum absolute atomic E-state index is 0.262. The van der Waals surface area contributed by atoms with Gasteiger partial charge in [-0.05, 0) is 42.0 Å². The number of nitrogens with zero attached hydrogens (tertiary/aromatic N) is 2. The van der Waals surface area contributed by atoms with Gasteiger partial charge in [0.25, 0.3) is 0 Å². The van der Waals surface area contributed by atoms with E-state index in [0.717, 1.165) is 5.56 Å². The molecule has 0 saturated carbocycles. The fourth-order valence-electron chi connectivity index (χ4n) is 2.47. The molecule has 28 heavy (non-hydrogen) atoms. The van der Waals surface area contributed by atoms with Gasteiger partial charge in [0.1, 0.15) is 17.4 Å². The number of ether oxygens (including phenoxy) is 1. The van der Waals surface area contributed by atoms with E-state index in [1.165, 1.54) is 30.3 Å². The van der Waals surface area contributed by atoms with Crippen molar-refractivity contribution in [3.05, 3.63) is 89.6 Å². The molecule has 0 atom stereocenters. The molecule has 1 aromatic heterocycles. The summed E-state index contributed by atoms with van der Waals surface area (Å²) in [5, 5.41) is 6.23. The Balaban J connectivity index is 1.55. The van der Waals surface area contributed by atoms with E-state index in [-0.39, 0.29) is 11.6 Å². The van der Waals surface area contributed by atoms with Crippen molar-refractivity contribution < 1.29 is 13.5 Å². The summed E-state index contributed by atoms with van der Waals surface area (Å²) in [7, 11) is 1.65. The van der Waals surface area contributed by atoms with Crippen molar-refractivity contribution in [3.8, 4) is 11.6 Å². The van der Waals surface area contributed by atoms with Crippen LogP contribution in [0, 0.1) is 11.6 Å². The Morgan fingerprint density at radius 2 is 1.75 bits per heavy atom. The number of guanidine groups is 1. The largest absolute Gasteiger partial charge is 0.439 e. The summed E-state index contributed by atoms with van der Waals surface area (Å²) in [6.45, 7) is 0.793. The van der Waals surface area contributed by atoms with Crippen LogP contribution >= 0.6 is 0 Å². The van der Waals surface area contributed by atoms with Crippen LogP contribution in [0.4, 0.5) is 8.78 Å². The van der Waals surface area contributed by atoms with Crippen LogP contribution < -0.4 is 15.4 Å². The second-order valence-electron chi connectivity index (χ2n) is 5.93. The van der Waals surface area contributed by atoms with E-state index in [1.807, 2.05) is 6.07 Å². The zero-order valence-corrected chi connectivity index (χ0v) is 15.3. The van der Waals surface area contributed by atoms with E-state index in [9.17, 15) is 8.78 Å². The molecule has 0 aliphatic rings. The predicted molar refractivity (Wildman–Crippen MR) is 104 cm³/mol. The van der Waals surface area contributed by atoms with Gasteiger partial charge in [-0.15, -0.1) is 0 Å². The summed E-state index contributed by atoms with van der Waals surface area (Å²) < 4.78 is 32.3. The highest BCUT2D eigenvalue weighted by Gasteiger charge is 2.05. The van der Waals surface area contributed by atoms with Crippen LogP contribution in [0.1, 0.15) is 11.1 Å². The molecule has 0 aliphatic carbocycles. The number of nitrogens with one attached hydrogen (secondary N) is 2. The Kier molecular flexibility index (Phi) is 6.51. The Hall–Kier alpha value is -3.48. The van der Waals surface area contributed by atoms with Crippen molar-refractivity contribution in [2.45, 2.75) is 13.1 Å². The van der Waals surface area contributed by atoms with E-state index in [2.05, 4.69) is 20.6 Å². The first-order valence-corrected chi connectivity index (χ1v) is 8.70. The Morgan fingerprint density at radius 1 is 1.00 bits per heavy atom. The lowest BCUT2D eigenvalue weighted by atomic mass is 10.2. The third kappa shape index (κ3) is 5.51. The maximum absolute atomic E-state index is 13.7. The molecular weight excluding hydrogens is 362 g/mol. The van der Waals surface area contributed by atoms with Gasteiger partial charge in [0.15, 0.2) is 5.96 Å². The molecule has 3 aromatic rings. The molecule has 2 aromatic carbocycles. The van der Waals surface area contributed by atoms with Crippen molar-refractivity contribution in [2.75, 3.05) is 7.05 Å². The first-order chi connectivity index (χ1) is 13.6. The van der Waals surface area contributed by atoms with Gasteiger partial charge in [-0.3, -0.25) is 4.99 Å². The van der Waals surface area contributed by atoms with Crippen LogP contribution in [-0.2, 0) is 13.1 Å². The zero-order valence-electron chi connectivity index (χ0n) is 15.3. The highest BCUT2D eigenvalue weighted by atomic mass is 19.1. The van der Waals surface area contributed by atoms with E-state index < -0.39 is 0 Å². The van der Waals surface area contributed by atoms with Gasteiger partial charge in [0.2, 0.25) is 5.88 Å². The Morgan fingerprint density at radius 3 is 2.50 bits per heavy atom. The number of aliphatic imine (C=N–C) groups is 1. The average Bonchev–Trinajstić information content (AvgIpc) is 2.71. The predicted octanol–water partition coefficient (Wildman–Crippen LogP) is 4.02. The van der Waals surface area contributed by atoms with E-state index in [1.54, 1.807) is 37.5 Å². The number of halogens is 2. The van der Waals surface area contributed by atoms with Gasteiger partial charge >= 0.3 is 0 Å². The third-order valence-electron chi connectivity index (χ3n) is 3.92. The maximum Gasteiger partial charge on any atom is 0.219 e. The molecule has 0 fully saturated rings. The number of hydrogen-bond donors (Lipinski definition) is 2. The molecule has 0 saturated heterocycles. The van der Waals surface area contributed by atoms with Crippen LogP contribution in [0.5, 0.6) is 11.6 Å². The zero-order chi connectivity index (χ0) is 19.8. The minimum atomic E-state index is -0.326. The summed E-state index contributed by atoms with van der Waals surface area (Å²) in [5.41, 5.74) is 1.48. The summed E-state index contributed by atoms with van der Waals surface area (Å²) in [5.74, 6) is 0.859. The van der Waals surface area contributed by atoms with Crippen molar-refractivity contribution >= 4 is 5.96 Å². The fraction of sp³-hybridized carbons (Fsp3) is 0.143. The van der Waals surface area contributed by atoms with Gasteiger partial charge in [-0.25, -0.2) is 13.8 Å². The van der Waals surface area contributed by atoms with Gasteiger partial charge in [-0.1, -0.05) is 18.2 Å². The van der Waals surface area contributed by atoms with Crippen LogP contribution in [0.15, 0.2) is 71.9 Å². The molecule has 0 aliphatic heterocycles. The monoisotopic (exact) mass is 382 g/mol.